The van der Waals surface area contributed by atoms with Crippen LogP contribution in [0.1, 0.15) is 56.4 Å². The molecule has 1 aliphatic heterocycles. The van der Waals surface area contributed by atoms with E-state index < -0.39 is 0 Å². The number of aromatic nitrogens is 2. The lowest BCUT2D eigenvalue weighted by atomic mass is 9.92. The Balaban J connectivity index is 1.71. The van der Waals surface area contributed by atoms with Crippen LogP contribution in [0.3, 0.4) is 0 Å². The van der Waals surface area contributed by atoms with Crippen molar-refractivity contribution in [2.45, 2.75) is 64.1 Å². The topological polar surface area (TPSA) is 50.2 Å². The summed E-state index contributed by atoms with van der Waals surface area (Å²) in [5, 5.41) is 8.59. The summed E-state index contributed by atoms with van der Waals surface area (Å²) in [6, 6.07) is 9.26. The largest absolute Gasteiger partial charge is 0.348 e. The summed E-state index contributed by atoms with van der Waals surface area (Å²) in [5.41, 5.74) is 1.52. The quantitative estimate of drug-likeness (QED) is 0.906. The molecule has 5 nitrogen and oxygen atoms in total. The van der Waals surface area contributed by atoms with Gasteiger partial charge in [0.2, 0.25) is 0 Å². The Bertz CT molecular complexity index is 738. The highest BCUT2D eigenvalue weighted by molar-refractivity contribution is 6.04. The van der Waals surface area contributed by atoms with Gasteiger partial charge in [-0.1, -0.05) is 31.5 Å². The molecule has 1 N–H and O–H groups in total. The molecule has 1 saturated heterocycles. The van der Waals surface area contributed by atoms with E-state index in [4.69, 9.17) is 0 Å². The molecule has 3 atom stereocenters. The van der Waals surface area contributed by atoms with E-state index in [-0.39, 0.29) is 11.9 Å². The molecular formula is C20H30N4O. The predicted octanol–water partition coefficient (Wildman–Crippen LogP) is 3.34. The minimum absolute atomic E-state index is 0.0600. The second-order valence-electron chi connectivity index (χ2n) is 7.40. The highest BCUT2D eigenvalue weighted by Gasteiger charge is 2.27. The molecule has 1 aromatic carbocycles. The van der Waals surface area contributed by atoms with Crippen molar-refractivity contribution >= 4 is 16.8 Å². The van der Waals surface area contributed by atoms with Gasteiger partial charge in [-0.25, -0.2) is 0 Å². The summed E-state index contributed by atoms with van der Waals surface area (Å²) in [5.74, 6) is -0.0600. The molecule has 3 unspecified atom stereocenters. The third-order valence-corrected chi connectivity index (χ3v) is 5.79. The van der Waals surface area contributed by atoms with Crippen molar-refractivity contribution in [3.63, 3.8) is 0 Å². The zero-order chi connectivity index (χ0) is 18.0. The highest BCUT2D eigenvalue weighted by atomic mass is 16.2. The molecule has 3 rings (SSSR count). The fraction of sp³-hybridized carbons (Fsp3) is 0.600. The van der Waals surface area contributed by atoms with Gasteiger partial charge in [0.1, 0.15) is 0 Å². The number of piperidine rings is 1. The first-order valence-electron chi connectivity index (χ1n) is 9.45. The number of hydrogen-bond donors (Lipinski definition) is 1. The molecule has 5 heteroatoms. The van der Waals surface area contributed by atoms with Crippen LogP contribution in [0.4, 0.5) is 0 Å². The van der Waals surface area contributed by atoms with E-state index in [0.717, 1.165) is 23.7 Å². The molecule has 0 radical (unpaired) electrons. The van der Waals surface area contributed by atoms with E-state index in [1.165, 1.54) is 19.3 Å². The first kappa shape index (κ1) is 17.9. The first-order valence-corrected chi connectivity index (χ1v) is 9.45. The van der Waals surface area contributed by atoms with Crippen molar-refractivity contribution in [2.24, 2.45) is 7.05 Å². The van der Waals surface area contributed by atoms with Crippen molar-refractivity contribution in [1.82, 2.24) is 20.0 Å². The van der Waals surface area contributed by atoms with Crippen molar-refractivity contribution in [3.05, 3.63) is 30.0 Å². The molecule has 25 heavy (non-hydrogen) atoms. The zero-order valence-electron chi connectivity index (χ0n) is 15.8. The van der Waals surface area contributed by atoms with Gasteiger partial charge in [0.05, 0.1) is 5.52 Å². The van der Waals surface area contributed by atoms with Crippen molar-refractivity contribution in [2.75, 3.05) is 7.05 Å². The van der Waals surface area contributed by atoms with Crippen LogP contribution in [0.2, 0.25) is 0 Å². The molecule has 2 aromatic rings. The van der Waals surface area contributed by atoms with Crippen molar-refractivity contribution in [3.8, 4) is 0 Å². The SMILES string of the molecule is CCC(CC1CCCC(C)N1C)NC(=O)c1nn(C)c2ccccc12. The zero-order valence-corrected chi connectivity index (χ0v) is 15.8. The summed E-state index contributed by atoms with van der Waals surface area (Å²) in [6.45, 7) is 4.44. The second-order valence-corrected chi connectivity index (χ2v) is 7.40. The number of para-hydroxylation sites is 1. The Kier molecular flexibility index (Phi) is 5.42. The normalized spacial score (nSPS) is 22.9. The molecule has 1 aliphatic rings. The minimum atomic E-state index is -0.0600. The Morgan fingerprint density at radius 1 is 1.32 bits per heavy atom. The van der Waals surface area contributed by atoms with E-state index in [0.29, 0.717) is 17.8 Å². The third-order valence-electron chi connectivity index (χ3n) is 5.79. The molecule has 0 aliphatic carbocycles. The van der Waals surface area contributed by atoms with Crippen LogP contribution in [0.5, 0.6) is 0 Å². The minimum Gasteiger partial charge on any atom is -0.348 e. The first-order chi connectivity index (χ1) is 12.0. The standard InChI is InChI=1S/C20H30N4O/c1-5-15(13-16-10-8-9-14(2)23(16)3)21-20(25)19-17-11-6-7-12-18(17)24(4)22-19/h6-7,11-12,14-16H,5,8-10,13H2,1-4H3,(H,21,25). The number of fused-ring (bicyclic) bond motifs is 1. The van der Waals surface area contributed by atoms with Crippen LogP contribution in [0.15, 0.2) is 24.3 Å². The van der Waals surface area contributed by atoms with E-state index >= 15 is 0 Å². The van der Waals surface area contributed by atoms with Gasteiger partial charge in [0.25, 0.3) is 5.91 Å². The molecule has 136 valence electrons. The van der Waals surface area contributed by atoms with Gasteiger partial charge in [0.15, 0.2) is 5.69 Å². The highest BCUT2D eigenvalue weighted by Crippen LogP contribution is 2.25. The number of amides is 1. The number of aryl methyl sites for hydroxylation is 1. The maximum atomic E-state index is 12.8. The summed E-state index contributed by atoms with van der Waals surface area (Å²) in [6.07, 6.45) is 5.73. The average molecular weight is 342 g/mol. The number of nitrogens with one attached hydrogen (secondary N) is 1. The number of nitrogens with zero attached hydrogens (tertiary/aromatic N) is 3. The third kappa shape index (κ3) is 3.71. The number of likely N-dealkylation sites (tertiary alicyclic amines) is 1. The molecule has 2 heterocycles. The van der Waals surface area contributed by atoms with Gasteiger partial charge in [0, 0.05) is 30.6 Å². The molecule has 1 fully saturated rings. The lowest BCUT2D eigenvalue weighted by Gasteiger charge is -2.39. The molecule has 0 bridgehead atoms. The average Bonchev–Trinajstić information content (AvgIpc) is 2.95. The van der Waals surface area contributed by atoms with Gasteiger partial charge >= 0.3 is 0 Å². The van der Waals surface area contributed by atoms with Crippen LogP contribution in [0.25, 0.3) is 10.9 Å². The number of carbonyl (C=O) groups excluding carboxylic acids is 1. The fourth-order valence-corrected chi connectivity index (χ4v) is 3.99. The van der Waals surface area contributed by atoms with Gasteiger partial charge in [-0.05, 0) is 45.7 Å². The maximum Gasteiger partial charge on any atom is 0.272 e. The van der Waals surface area contributed by atoms with Gasteiger partial charge in [-0.3, -0.25) is 9.48 Å². The molecule has 0 spiro atoms. The molecule has 1 aromatic heterocycles. The number of hydrogen-bond acceptors (Lipinski definition) is 3. The summed E-state index contributed by atoms with van der Waals surface area (Å²) in [7, 11) is 4.10. The summed E-state index contributed by atoms with van der Waals surface area (Å²) in [4.78, 5) is 15.3. The van der Waals surface area contributed by atoms with E-state index in [1.807, 2.05) is 31.3 Å². The second kappa shape index (κ2) is 7.56. The number of carbonyl (C=O) groups is 1. The van der Waals surface area contributed by atoms with Crippen LogP contribution >= 0.6 is 0 Å². The van der Waals surface area contributed by atoms with Gasteiger partial charge in [-0.2, -0.15) is 5.10 Å². The molecular weight excluding hydrogens is 312 g/mol. The maximum absolute atomic E-state index is 12.8. The predicted molar refractivity (Wildman–Crippen MR) is 102 cm³/mol. The van der Waals surface area contributed by atoms with E-state index in [1.54, 1.807) is 4.68 Å². The molecule has 1 amide bonds. The van der Waals surface area contributed by atoms with E-state index in [9.17, 15) is 4.79 Å². The Morgan fingerprint density at radius 2 is 2.08 bits per heavy atom. The van der Waals surface area contributed by atoms with Crippen LogP contribution in [0, 0.1) is 0 Å². The smallest absolute Gasteiger partial charge is 0.272 e. The summed E-state index contributed by atoms with van der Waals surface area (Å²) < 4.78 is 1.78. The molecule has 0 saturated carbocycles. The Labute approximate surface area is 150 Å². The Hall–Kier alpha value is -1.88. The van der Waals surface area contributed by atoms with E-state index in [2.05, 4.69) is 36.2 Å². The van der Waals surface area contributed by atoms with Gasteiger partial charge in [-0.15, -0.1) is 0 Å². The number of benzene rings is 1. The van der Waals surface area contributed by atoms with Gasteiger partial charge < -0.3 is 10.2 Å². The fourth-order valence-electron chi connectivity index (χ4n) is 3.99. The summed E-state index contributed by atoms with van der Waals surface area (Å²) >= 11 is 0. The lowest BCUT2D eigenvalue weighted by Crippen LogP contribution is -2.46. The van der Waals surface area contributed by atoms with Crippen molar-refractivity contribution in [1.29, 1.82) is 0 Å². The van der Waals surface area contributed by atoms with Crippen LogP contribution in [-0.4, -0.2) is 45.8 Å². The monoisotopic (exact) mass is 342 g/mol. The van der Waals surface area contributed by atoms with Crippen LogP contribution in [-0.2, 0) is 7.05 Å². The Morgan fingerprint density at radius 3 is 2.84 bits per heavy atom. The van der Waals surface area contributed by atoms with Crippen LogP contribution < -0.4 is 5.32 Å². The van der Waals surface area contributed by atoms with Crippen molar-refractivity contribution < 1.29 is 4.79 Å². The number of rotatable bonds is 5. The lowest BCUT2D eigenvalue weighted by molar-refractivity contribution is 0.0879.